The van der Waals surface area contributed by atoms with Crippen LogP contribution in [0.2, 0.25) is 0 Å². The van der Waals surface area contributed by atoms with Crippen LogP contribution in [0.3, 0.4) is 0 Å². The first-order valence-electron chi connectivity index (χ1n) is 28.0. The third kappa shape index (κ3) is 55.6. The van der Waals surface area contributed by atoms with Gasteiger partial charge in [0.15, 0.2) is 6.10 Å². The van der Waals surface area contributed by atoms with E-state index < -0.39 is 26.5 Å². The van der Waals surface area contributed by atoms with Crippen LogP contribution in [0.15, 0.2) is 122 Å². The van der Waals surface area contributed by atoms with Gasteiger partial charge >= 0.3 is 19.8 Å². The van der Waals surface area contributed by atoms with Crippen LogP contribution in [0.5, 0.6) is 0 Å². The fourth-order valence-electron chi connectivity index (χ4n) is 7.25. The van der Waals surface area contributed by atoms with E-state index in [9.17, 15) is 19.0 Å². The average molecular weight is 1010 g/mol. The molecule has 0 bridgehead atoms. The Hall–Kier alpha value is -3.59. The number of esters is 2. The van der Waals surface area contributed by atoms with E-state index in [1.165, 1.54) is 77.0 Å². The minimum absolute atomic E-state index is 0.0476. The number of phosphoric ester groups is 1. The Labute approximate surface area is 434 Å². The standard InChI is InChI=1S/C61H102NO8P/c1-3-5-7-9-11-13-15-16-17-18-19-20-21-22-23-24-25-26-27-28-29-30-31-32-33-34-35-36-37-38-39-40-41-42-44-46-48-50-52-54-61(64)70-59(58-69-71(65,66)68-56-55-62)57-67-60(63)53-51-49-47-45-43-14-12-10-8-6-4-2/h5,7,11,13,16-17,19-20,22-23,25-26,28-29,31-32,34-35,37-38,59H,3-4,6,8-10,12,14-15,18,21,24,27,30,33,36,39-58,62H2,1-2H3,(H,65,66)/b7-5-,13-11-,17-16-,20-19-,23-22-,26-25-,29-28-,32-31-,35-34-,38-37-. The van der Waals surface area contributed by atoms with E-state index in [1.807, 2.05) is 0 Å². The topological polar surface area (TPSA) is 134 Å². The number of allylic oxidation sites excluding steroid dienone is 20. The molecule has 0 aliphatic carbocycles. The molecule has 0 aromatic heterocycles. The minimum Gasteiger partial charge on any atom is -0.462 e. The van der Waals surface area contributed by atoms with Crippen molar-refractivity contribution in [2.75, 3.05) is 26.4 Å². The second kappa shape index (κ2) is 55.7. The molecule has 0 heterocycles. The monoisotopic (exact) mass is 1010 g/mol. The van der Waals surface area contributed by atoms with Gasteiger partial charge in [-0.15, -0.1) is 0 Å². The van der Waals surface area contributed by atoms with Gasteiger partial charge in [-0.1, -0.05) is 238 Å². The predicted molar refractivity (Wildman–Crippen MR) is 302 cm³/mol. The molecule has 71 heavy (non-hydrogen) atoms. The Bertz CT molecular complexity index is 1570. The van der Waals surface area contributed by atoms with Crippen LogP contribution >= 0.6 is 7.82 Å². The molecule has 404 valence electrons. The van der Waals surface area contributed by atoms with Crippen molar-refractivity contribution in [3.63, 3.8) is 0 Å². The fourth-order valence-corrected chi connectivity index (χ4v) is 8.02. The van der Waals surface area contributed by atoms with Crippen molar-refractivity contribution in [2.45, 2.75) is 225 Å². The molecular weight excluding hydrogens is 906 g/mol. The number of phosphoric acid groups is 1. The first-order chi connectivity index (χ1) is 34.8. The first kappa shape index (κ1) is 67.4. The van der Waals surface area contributed by atoms with Crippen molar-refractivity contribution in [1.82, 2.24) is 0 Å². The van der Waals surface area contributed by atoms with Gasteiger partial charge in [0.25, 0.3) is 0 Å². The largest absolute Gasteiger partial charge is 0.472 e. The van der Waals surface area contributed by atoms with Gasteiger partial charge in [-0.2, -0.15) is 0 Å². The van der Waals surface area contributed by atoms with Crippen LogP contribution in [0.1, 0.15) is 219 Å². The smallest absolute Gasteiger partial charge is 0.462 e. The summed E-state index contributed by atoms with van der Waals surface area (Å²) < 4.78 is 32.9. The molecule has 0 radical (unpaired) electrons. The van der Waals surface area contributed by atoms with Crippen LogP contribution in [0.25, 0.3) is 0 Å². The highest BCUT2D eigenvalue weighted by Crippen LogP contribution is 2.43. The second-order valence-electron chi connectivity index (χ2n) is 18.1. The summed E-state index contributed by atoms with van der Waals surface area (Å²) in [7, 11) is -4.39. The summed E-state index contributed by atoms with van der Waals surface area (Å²) in [4.78, 5) is 35.0. The Morgan fingerprint density at radius 2 is 0.775 bits per heavy atom. The van der Waals surface area contributed by atoms with Crippen molar-refractivity contribution < 1.29 is 37.6 Å². The van der Waals surface area contributed by atoms with Gasteiger partial charge in [0.2, 0.25) is 0 Å². The number of ether oxygens (including phenoxy) is 2. The summed E-state index contributed by atoms with van der Waals surface area (Å²) >= 11 is 0. The molecule has 0 saturated heterocycles. The van der Waals surface area contributed by atoms with Crippen molar-refractivity contribution in [2.24, 2.45) is 5.73 Å². The number of hydrogen-bond acceptors (Lipinski definition) is 8. The van der Waals surface area contributed by atoms with E-state index in [4.69, 9.17) is 24.3 Å². The van der Waals surface area contributed by atoms with Crippen molar-refractivity contribution in [1.29, 1.82) is 0 Å². The maximum atomic E-state index is 12.7. The number of unbranched alkanes of at least 4 members (excludes halogenated alkanes) is 18. The zero-order valence-corrected chi connectivity index (χ0v) is 45.8. The van der Waals surface area contributed by atoms with Crippen LogP contribution in [-0.4, -0.2) is 49.3 Å². The number of carbonyl (C=O) groups is 2. The molecule has 0 aromatic carbocycles. The summed E-state index contributed by atoms with van der Waals surface area (Å²) in [6.07, 6.45) is 76.9. The van der Waals surface area contributed by atoms with Gasteiger partial charge < -0.3 is 20.1 Å². The summed E-state index contributed by atoms with van der Waals surface area (Å²) in [5.74, 6) is -0.843. The van der Waals surface area contributed by atoms with E-state index in [0.29, 0.717) is 6.42 Å². The number of hydrogen-bond donors (Lipinski definition) is 2. The Balaban J connectivity index is 3.97. The zero-order valence-electron chi connectivity index (χ0n) is 44.9. The van der Waals surface area contributed by atoms with Gasteiger partial charge in [-0.05, 0) is 89.9 Å². The Morgan fingerprint density at radius 1 is 0.437 bits per heavy atom. The zero-order chi connectivity index (χ0) is 51.7. The lowest BCUT2D eigenvalue weighted by atomic mass is 10.1. The van der Waals surface area contributed by atoms with Crippen LogP contribution in [0.4, 0.5) is 0 Å². The molecule has 0 rings (SSSR count). The number of rotatable bonds is 51. The highest BCUT2D eigenvalue weighted by molar-refractivity contribution is 7.47. The SMILES string of the molecule is CC/C=C\C/C=C\C/C=C\C/C=C\C/C=C\C/C=C\C/C=C\C/C=C\C/C=C\C/C=C\CCCCCCCCCCC(=O)OC(COC(=O)CCCCCCCCCCCCC)COP(=O)(O)OCCN. The summed E-state index contributed by atoms with van der Waals surface area (Å²) in [5.41, 5.74) is 5.36. The molecule has 0 fully saturated rings. The van der Waals surface area contributed by atoms with Gasteiger partial charge in [0.1, 0.15) is 6.61 Å². The average Bonchev–Trinajstić information content (AvgIpc) is 3.36. The third-order valence-corrected chi connectivity index (χ3v) is 12.3. The molecule has 0 aliphatic rings. The Kier molecular flexibility index (Phi) is 52.9. The molecule has 10 heteroatoms. The normalized spacial score (nSPS) is 14.0. The molecule has 0 saturated carbocycles. The molecule has 0 aromatic rings. The van der Waals surface area contributed by atoms with Crippen LogP contribution in [-0.2, 0) is 32.7 Å². The maximum absolute atomic E-state index is 12.7. The molecule has 0 aliphatic heterocycles. The third-order valence-electron chi connectivity index (χ3n) is 11.4. The maximum Gasteiger partial charge on any atom is 0.472 e. The van der Waals surface area contributed by atoms with E-state index in [2.05, 4.69) is 135 Å². The molecule has 2 atom stereocenters. The van der Waals surface area contributed by atoms with Crippen molar-refractivity contribution in [3.05, 3.63) is 122 Å². The molecular formula is C61H102NO8P. The number of nitrogens with two attached hydrogens (primary N) is 1. The van der Waals surface area contributed by atoms with E-state index in [-0.39, 0.29) is 38.6 Å². The summed E-state index contributed by atoms with van der Waals surface area (Å²) in [6, 6.07) is 0. The van der Waals surface area contributed by atoms with Crippen molar-refractivity contribution >= 4 is 19.8 Å². The van der Waals surface area contributed by atoms with E-state index in [0.717, 1.165) is 109 Å². The lowest BCUT2D eigenvalue weighted by Gasteiger charge is -2.19. The van der Waals surface area contributed by atoms with Gasteiger partial charge in [0, 0.05) is 19.4 Å². The second-order valence-corrected chi connectivity index (χ2v) is 19.5. The first-order valence-corrected chi connectivity index (χ1v) is 29.5. The highest BCUT2D eigenvalue weighted by Gasteiger charge is 2.26. The number of carbonyl (C=O) groups excluding carboxylic acids is 2. The lowest BCUT2D eigenvalue weighted by molar-refractivity contribution is -0.161. The van der Waals surface area contributed by atoms with E-state index in [1.54, 1.807) is 0 Å². The van der Waals surface area contributed by atoms with Crippen LogP contribution < -0.4 is 5.73 Å². The van der Waals surface area contributed by atoms with Crippen LogP contribution in [0, 0.1) is 0 Å². The van der Waals surface area contributed by atoms with Crippen molar-refractivity contribution in [3.8, 4) is 0 Å². The summed E-state index contributed by atoms with van der Waals surface area (Å²) in [5, 5.41) is 0. The highest BCUT2D eigenvalue weighted by atomic mass is 31.2. The van der Waals surface area contributed by atoms with Gasteiger partial charge in [-0.3, -0.25) is 18.6 Å². The lowest BCUT2D eigenvalue weighted by Crippen LogP contribution is -2.29. The molecule has 2 unspecified atom stereocenters. The molecule has 9 nitrogen and oxygen atoms in total. The van der Waals surface area contributed by atoms with E-state index >= 15 is 0 Å². The van der Waals surface area contributed by atoms with Gasteiger partial charge in [-0.25, -0.2) is 4.57 Å². The molecule has 0 amide bonds. The Morgan fingerprint density at radius 3 is 1.15 bits per heavy atom. The summed E-state index contributed by atoms with van der Waals surface area (Å²) in [6.45, 7) is 3.59. The molecule has 0 spiro atoms. The quantitative estimate of drug-likeness (QED) is 0.0264. The minimum atomic E-state index is -4.39. The molecule has 3 N–H and O–H groups in total. The van der Waals surface area contributed by atoms with Gasteiger partial charge in [0.05, 0.1) is 13.2 Å². The fraction of sp³-hybridized carbons (Fsp3) is 0.639. The predicted octanol–water partition coefficient (Wildman–Crippen LogP) is 17.6.